The summed E-state index contributed by atoms with van der Waals surface area (Å²) < 4.78 is 11.3. The van der Waals surface area contributed by atoms with E-state index in [0.29, 0.717) is 12.0 Å². The average Bonchev–Trinajstić information content (AvgIpc) is 3.12. The van der Waals surface area contributed by atoms with Crippen LogP contribution in [0.5, 0.6) is 0 Å². The molecule has 1 aliphatic carbocycles. The number of aromatic nitrogens is 2. The van der Waals surface area contributed by atoms with Gasteiger partial charge in [-0.3, -0.25) is 0 Å². The minimum Gasteiger partial charge on any atom is -0.367 e. The zero-order valence-corrected chi connectivity index (χ0v) is 13.2. The van der Waals surface area contributed by atoms with Gasteiger partial charge in [0.05, 0.1) is 0 Å². The van der Waals surface area contributed by atoms with Crippen LogP contribution in [0, 0.1) is 5.92 Å². The molecule has 3 unspecified atom stereocenters. The van der Waals surface area contributed by atoms with Crippen molar-refractivity contribution in [2.75, 3.05) is 13.2 Å². The van der Waals surface area contributed by atoms with E-state index in [1.807, 2.05) is 0 Å². The van der Waals surface area contributed by atoms with Gasteiger partial charge in [-0.2, -0.15) is 4.98 Å². The van der Waals surface area contributed by atoms with Crippen molar-refractivity contribution in [1.82, 2.24) is 15.5 Å². The Hall–Kier alpha value is -0.940. The Labute approximate surface area is 126 Å². The van der Waals surface area contributed by atoms with E-state index in [9.17, 15) is 0 Å². The van der Waals surface area contributed by atoms with Gasteiger partial charge in [0.2, 0.25) is 11.7 Å². The number of ether oxygens (including phenoxy) is 1. The third kappa shape index (κ3) is 3.29. The molecule has 1 aliphatic heterocycles. The summed E-state index contributed by atoms with van der Waals surface area (Å²) in [5.74, 6) is 2.12. The molecule has 0 spiro atoms. The van der Waals surface area contributed by atoms with E-state index in [1.54, 1.807) is 0 Å². The second-order valence-corrected chi connectivity index (χ2v) is 6.61. The van der Waals surface area contributed by atoms with Crippen molar-refractivity contribution in [3.8, 4) is 0 Å². The Bertz CT molecular complexity index is 452. The number of nitrogens with one attached hydrogen (secondary N) is 1. The van der Waals surface area contributed by atoms with Gasteiger partial charge in [0.25, 0.3) is 0 Å². The van der Waals surface area contributed by atoms with Crippen LogP contribution in [0.15, 0.2) is 4.52 Å². The molecule has 1 saturated carbocycles. The zero-order chi connectivity index (χ0) is 14.7. The monoisotopic (exact) mass is 293 g/mol. The molecule has 2 aliphatic rings. The molecule has 1 aromatic heterocycles. The fourth-order valence-electron chi connectivity index (χ4n) is 3.72. The molecule has 0 aromatic carbocycles. The van der Waals surface area contributed by atoms with Crippen LogP contribution in [0.1, 0.15) is 64.1 Å². The molecule has 1 saturated heterocycles. The molecule has 0 radical (unpaired) electrons. The van der Waals surface area contributed by atoms with E-state index in [2.05, 4.69) is 29.3 Å². The third-order valence-corrected chi connectivity index (χ3v) is 4.97. The molecule has 118 valence electrons. The van der Waals surface area contributed by atoms with Crippen molar-refractivity contribution in [2.45, 2.75) is 70.4 Å². The van der Waals surface area contributed by atoms with Gasteiger partial charge in [-0.25, -0.2) is 0 Å². The first-order valence-corrected chi connectivity index (χ1v) is 8.41. The van der Waals surface area contributed by atoms with Crippen LogP contribution in [0.2, 0.25) is 0 Å². The fraction of sp³-hybridized carbons (Fsp3) is 0.875. The predicted molar refractivity (Wildman–Crippen MR) is 80.0 cm³/mol. The van der Waals surface area contributed by atoms with Crippen molar-refractivity contribution in [3.05, 3.63) is 11.7 Å². The highest BCUT2D eigenvalue weighted by Crippen LogP contribution is 2.34. The average molecular weight is 293 g/mol. The van der Waals surface area contributed by atoms with Gasteiger partial charge in [-0.15, -0.1) is 0 Å². The summed E-state index contributed by atoms with van der Waals surface area (Å²) in [6, 6.07) is 0.595. The lowest BCUT2D eigenvalue weighted by atomic mass is 9.82. The summed E-state index contributed by atoms with van der Waals surface area (Å²) in [6.07, 6.45) is 8.11. The first-order chi connectivity index (χ1) is 10.2. The molecule has 5 heteroatoms. The van der Waals surface area contributed by atoms with E-state index >= 15 is 0 Å². The van der Waals surface area contributed by atoms with Gasteiger partial charge in [-0.05, 0) is 45.1 Å². The van der Waals surface area contributed by atoms with Crippen LogP contribution in [-0.2, 0) is 16.8 Å². The maximum absolute atomic E-state index is 5.79. The minimum absolute atomic E-state index is 0.338. The lowest BCUT2D eigenvalue weighted by Crippen LogP contribution is -2.39. The number of nitrogens with zero attached hydrogens (tertiary/aromatic N) is 2. The van der Waals surface area contributed by atoms with Crippen LogP contribution >= 0.6 is 0 Å². The second kappa shape index (κ2) is 6.44. The molecule has 3 rings (SSSR count). The molecule has 0 amide bonds. The molecule has 0 bridgehead atoms. The Morgan fingerprint density at radius 2 is 2.14 bits per heavy atom. The van der Waals surface area contributed by atoms with E-state index in [4.69, 9.17) is 9.26 Å². The molecule has 1 aromatic rings. The normalized spacial score (nSPS) is 33.4. The summed E-state index contributed by atoms with van der Waals surface area (Å²) in [5.41, 5.74) is -0.338. The molecule has 5 nitrogen and oxygen atoms in total. The Kier molecular flexibility index (Phi) is 4.60. The van der Waals surface area contributed by atoms with Gasteiger partial charge in [-0.1, -0.05) is 24.9 Å². The van der Waals surface area contributed by atoms with Crippen LogP contribution in [-0.4, -0.2) is 29.3 Å². The largest absolute Gasteiger partial charge is 0.367 e. The van der Waals surface area contributed by atoms with E-state index in [1.165, 1.54) is 25.7 Å². The number of hydrogen-bond acceptors (Lipinski definition) is 5. The van der Waals surface area contributed by atoms with Gasteiger partial charge in [0, 0.05) is 19.1 Å². The smallest absolute Gasteiger partial charge is 0.227 e. The summed E-state index contributed by atoms with van der Waals surface area (Å²) in [7, 11) is 0. The van der Waals surface area contributed by atoms with Crippen LogP contribution in [0.3, 0.4) is 0 Å². The van der Waals surface area contributed by atoms with Crippen molar-refractivity contribution in [3.63, 3.8) is 0 Å². The lowest BCUT2D eigenvalue weighted by Gasteiger charge is -2.31. The Balaban J connectivity index is 1.66. The molecular formula is C16H27N3O2. The molecule has 3 atom stereocenters. The van der Waals surface area contributed by atoms with Gasteiger partial charge >= 0.3 is 0 Å². The third-order valence-electron chi connectivity index (χ3n) is 4.97. The standard InChI is InChI=1S/C16H27N3O2/c1-3-17-13-8-5-4-7-12(13)11-14-18-15(19-21-14)16(2)9-6-10-20-16/h12-13,17H,3-11H2,1-2H3. The van der Waals surface area contributed by atoms with Gasteiger partial charge < -0.3 is 14.6 Å². The van der Waals surface area contributed by atoms with Crippen LogP contribution < -0.4 is 5.32 Å². The Morgan fingerprint density at radius 3 is 2.90 bits per heavy atom. The lowest BCUT2D eigenvalue weighted by molar-refractivity contribution is 0.00768. The number of hydrogen-bond donors (Lipinski definition) is 1. The van der Waals surface area contributed by atoms with E-state index in [-0.39, 0.29) is 5.60 Å². The quantitative estimate of drug-likeness (QED) is 0.904. The molecule has 2 heterocycles. The SMILES string of the molecule is CCNC1CCCCC1Cc1nc(C2(C)CCCO2)no1. The first kappa shape index (κ1) is 15.0. The fourth-order valence-corrected chi connectivity index (χ4v) is 3.72. The Morgan fingerprint density at radius 1 is 1.29 bits per heavy atom. The summed E-state index contributed by atoms with van der Waals surface area (Å²) in [4.78, 5) is 4.62. The molecule has 21 heavy (non-hydrogen) atoms. The van der Waals surface area contributed by atoms with E-state index in [0.717, 1.165) is 44.1 Å². The zero-order valence-electron chi connectivity index (χ0n) is 13.2. The van der Waals surface area contributed by atoms with Gasteiger partial charge in [0.1, 0.15) is 5.60 Å². The predicted octanol–water partition coefficient (Wildman–Crippen LogP) is 2.81. The highest BCUT2D eigenvalue weighted by molar-refractivity contribution is 5.02. The molecule has 2 fully saturated rings. The van der Waals surface area contributed by atoms with E-state index < -0.39 is 0 Å². The molecular weight excluding hydrogens is 266 g/mol. The number of rotatable bonds is 5. The minimum atomic E-state index is -0.338. The van der Waals surface area contributed by atoms with Gasteiger partial charge in [0.15, 0.2) is 0 Å². The summed E-state index contributed by atoms with van der Waals surface area (Å²) in [5, 5.41) is 7.78. The van der Waals surface area contributed by atoms with Crippen molar-refractivity contribution in [1.29, 1.82) is 0 Å². The topological polar surface area (TPSA) is 60.2 Å². The maximum atomic E-state index is 5.79. The van der Waals surface area contributed by atoms with Crippen LogP contribution in [0.25, 0.3) is 0 Å². The maximum Gasteiger partial charge on any atom is 0.227 e. The highest BCUT2D eigenvalue weighted by atomic mass is 16.5. The summed E-state index contributed by atoms with van der Waals surface area (Å²) >= 11 is 0. The highest BCUT2D eigenvalue weighted by Gasteiger charge is 2.37. The summed E-state index contributed by atoms with van der Waals surface area (Å²) in [6.45, 7) is 6.07. The second-order valence-electron chi connectivity index (χ2n) is 6.61. The van der Waals surface area contributed by atoms with Crippen molar-refractivity contribution >= 4 is 0 Å². The van der Waals surface area contributed by atoms with Crippen molar-refractivity contribution < 1.29 is 9.26 Å². The molecule has 1 N–H and O–H groups in total. The first-order valence-electron chi connectivity index (χ1n) is 8.41. The van der Waals surface area contributed by atoms with Crippen LogP contribution in [0.4, 0.5) is 0 Å². The van der Waals surface area contributed by atoms with Crippen molar-refractivity contribution in [2.24, 2.45) is 5.92 Å².